The minimum absolute atomic E-state index is 0.0383. The van der Waals surface area contributed by atoms with Crippen LogP contribution >= 0.6 is 0 Å². The SMILES string of the molecule is NCC(=O)N(CCc1ccccn1)Cc1ccc(F)cc1. The lowest BCUT2D eigenvalue weighted by Gasteiger charge is -2.22. The smallest absolute Gasteiger partial charge is 0.236 e. The van der Waals surface area contributed by atoms with Gasteiger partial charge in [0.05, 0.1) is 6.54 Å². The van der Waals surface area contributed by atoms with Crippen molar-refractivity contribution in [2.24, 2.45) is 5.73 Å². The Labute approximate surface area is 123 Å². The Balaban J connectivity index is 2.01. The molecule has 1 heterocycles. The van der Waals surface area contributed by atoms with E-state index >= 15 is 0 Å². The summed E-state index contributed by atoms with van der Waals surface area (Å²) in [5.41, 5.74) is 7.25. The van der Waals surface area contributed by atoms with Crippen LogP contribution in [0.1, 0.15) is 11.3 Å². The van der Waals surface area contributed by atoms with Crippen molar-refractivity contribution in [3.63, 3.8) is 0 Å². The highest BCUT2D eigenvalue weighted by Crippen LogP contribution is 2.08. The zero-order chi connectivity index (χ0) is 15.1. The number of pyridine rings is 1. The summed E-state index contributed by atoms with van der Waals surface area (Å²) in [4.78, 5) is 17.8. The fraction of sp³-hybridized carbons (Fsp3) is 0.250. The number of carbonyl (C=O) groups is 1. The molecule has 2 rings (SSSR count). The fourth-order valence-electron chi connectivity index (χ4n) is 2.03. The lowest BCUT2D eigenvalue weighted by molar-refractivity contribution is -0.130. The second kappa shape index (κ2) is 7.50. The molecule has 2 N–H and O–H groups in total. The van der Waals surface area contributed by atoms with Crippen molar-refractivity contribution in [1.29, 1.82) is 0 Å². The van der Waals surface area contributed by atoms with E-state index in [9.17, 15) is 9.18 Å². The first-order valence-electron chi connectivity index (χ1n) is 6.81. The zero-order valence-corrected chi connectivity index (χ0v) is 11.7. The van der Waals surface area contributed by atoms with Crippen LogP contribution in [-0.2, 0) is 17.8 Å². The van der Waals surface area contributed by atoms with Gasteiger partial charge in [0.1, 0.15) is 5.82 Å². The predicted octanol–water partition coefficient (Wildman–Crippen LogP) is 1.75. The van der Waals surface area contributed by atoms with Gasteiger partial charge in [0.25, 0.3) is 0 Å². The van der Waals surface area contributed by atoms with E-state index in [0.29, 0.717) is 19.5 Å². The molecule has 0 atom stereocenters. The van der Waals surface area contributed by atoms with E-state index in [1.165, 1.54) is 12.1 Å². The summed E-state index contributed by atoms with van der Waals surface area (Å²) in [6, 6.07) is 11.8. The van der Waals surface area contributed by atoms with E-state index in [1.807, 2.05) is 18.2 Å². The average molecular weight is 287 g/mol. The number of aromatic nitrogens is 1. The molecule has 110 valence electrons. The largest absolute Gasteiger partial charge is 0.337 e. The Morgan fingerprint density at radius 3 is 2.57 bits per heavy atom. The molecule has 0 aliphatic carbocycles. The van der Waals surface area contributed by atoms with Gasteiger partial charge in [-0.05, 0) is 29.8 Å². The molecule has 21 heavy (non-hydrogen) atoms. The van der Waals surface area contributed by atoms with E-state index in [2.05, 4.69) is 4.98 Å². The number of benzene rings is 1. The Hall–Kier alpha value is -2.27. The van der Waals surface area contributed by atoms with Crippen molar-refractivity contribution in [2.45, 2.75) is 13.0 Å². The van der Waals surface area contributed by atoms with Gasteiger partial charge in [-0.1, -0.05) is 18.2 Å². The van der Waals surface area contributed by atoms with Gasteiger partial charge in [-0.2, -0.15) is 0 Å². The molecule has 4 nitrogen and oxygen atoms in total. The molecule has 0 saturated heterocycles. The second-order valence-corrected chi connectivity index (χ2v) is 4.72. The Morgan fingerprint density at radius 2 is 1.95 bits per heavy atom. The maximum absolute atomic E-state index is 12.9. The maximum atomic E-state index is 12.9. The summed E-state index contributed by atoms with van der Waals surface area (Å²) >= 11 is 0. The van der Waals surface area contributed by atoms with E-state index in [4.69, 9.17) is 5.73 Å². The van der Waals surface area contributed by atoms with Crippen LogP contribution in [-0.4, -0.2) is 28.9 Å². The monoisotopic (exact) mass is 287 g/mol. The summed E-state index contributed by atoms with van der Waals surface area (Å²) in [6.45, 7) is 0.914. The topological polar surface area (TPSA) is 59.2 Å². The van der Waals surface area contributed by atoms with Gasteiger partial charge >= 0.3 is 0 Å². The molecule has 1 aromatic heterocycles. The standard InChI is InChI=1S/C16H18FN3O/c17-14-6-4-13(5-7-14)12-20(16(21)11-18)10-8-15-3-1-2-9-19-15/h1-7,9H,8,10-12,18H2. The van der Waals surface area contributed by atoms with Gasteiger partial charge in [-0.25, -0.2) is 4.39 Å². The molecule has 1 amide bonds. The summed E-state index contributed by atoms with van der Waals surface area (Å²) in [7, 11) is 0. The fourth-order valence-corrected chi connectivity index (χ4v) is 2.03. The molecule has 0 aliphatic heterocycles. The number of hydrogen-bond acceptors (Lipinski definition) is 3. The number of nitrogens with two attached hydrogens (primary N) is 1. The Bertz CT molecular complexity index is 572. The van der Waals surface area contributed by atoms with Gasteiger partial charge < -0.3 is 10.6 Å². The first-order valence-corrected chi connectivity index (χ1v) is 6.81. The molecule has 0 fully saturated rings. The molecule has 0 unspecified atom stereocenters. The summed E-state index contributed by atoms with van der Waals surface area (Å²) in [5.74, 6) is -0.417. The minimum atomic E-state index is -0.288. The van der Waals surface area contributed by atoms with Crippen molar-refractivity contribution in [2.75, 3.05) is 13.1 Å². The maximum Gasteiger partial charge on any atom is 0.236 e. The number of carbonyl (C=O) groups excluding carboxylic acids is 1. The molecule has 2 aromatic rings. The highest BCUT2D eigenvalue weighted by Gasteiger charge is 2.12. The summed E-state index contributed by atoms with van der Waals surface area (Å²) < 4.78 is 12.9. The van der Waals surface area contributed by atoms with Crippen LogP contribution < -0.4 is 5.73 Å². The van der Waals surface area contributed by atoms with E-state index in [0.717, 1.165) is 11.3 Å². The van der Waals surface area contributed by atoms with Gasteiger partial charge in [-0.15, -0.1) is 0 Å². The highest BCUT2D eigenvalue weighted by molar-refractivity contribution is 5.78. The summed E-state index contributed by atoms with van der Waals surface area (Å²) in [5, 5.41) is 0. The molecule has 0 aliphatic rings. The van der Waals surface area contributed by atoms with E-state index in [-0.39, 0.29) is 18.3 Å². The molecule has 5 heteroatoms. The van der Waals surface area contributed by atoms with Crippen molar-refractivity contribution < 1.29 is 9.18 Å². The number of hydrogen-bond donors (Lipinski definition) is 1. The van der Waals surface area contributed by atoms with Crippen LogP contribution in [0.4, 0.5) is 4.39 Å². The molecule has 0 saturated carbocycles. The highest BCUT2D eigenvalue weighted by atomic mass is 19.1. The zero-order valence-electron chi connectivity index (χ0n) is 11.7. The quantitative estimate of drug-likeness (QED) is 0.880. The predicted molar refractivity (Wildman–Crippen MR) is 78.8 cm³/mol. The van der Waals surface area contributed by atoms with Crippen molar-refractivity contribution >= 4 is 5.91 Å². The van der Waals surface area contributed by atoms with Gasteiger partial charge in [0.15, 0.2) is 0 Å². The molecule has 0 bridgehead atoms. The molecule has 0 radical (unpaired) electrons. The first-order chi connectivity index (χ1) is 10.2. The minimum Gasteiger partial charge on any atom is -0.337 e. The van der Waals surface area contributed by atoms with Gasteiger partial charge in [0, 0.05) is 31.4 Å². The third-order valence-electron chi connectivity index (χ3n) is 3.18. The van der Waals surface area contributed by atoms with Crippen molar-refractivity contribution in [3.05, 3.63) is 65.7 Å². The lowest BCUT2D eigenvalue weighted by Crippen LogP contribution is -2.37. The van der Waals surface area contributed by atoms with Crippen LogP contribution in [0.15, 0.2) is 48.7 Å². The Morgan fingerprint density at radius 1 is 1.19 bits per heavy atom. The third-order valence-corrected chi connectivity index (χ3v) is 3.18. The van der Waals surface area contributed by atoms with Crippen LogP contribution in [0.5, 0.6) is 0 Å². The molecule has 0 spiro atoms. The third kappa shape index (κ3) is 4.65. The van der Waals surface area contributed by atoms with Gasteiger partial charge in [0.2, 0.25) is 5.91 Å². The summed E-state index contributed by atoms with van der Waals surface area (Å²) in [6.07, 6.45) is 2.39. The van der Waals surface area contributed by atoms with Crippen LogP contribution in [0.25, 0.3) is 0 Å². The van der Waals surface area contributed by atoms with E-state index < -0.39 is 0 Å². The van der Waals surface area contributed by atoms with Crippen LogP contribution in [0.2, 0.25) is 0 Å². The first kappa shape index (κ1) is 15.1. The number of rotatable bonds is 6. The number of amides is 1. The number of nitrogens with zero attached hydrogens (tertiary/aromatic N) is 2. The Kier molecular flexibility index (Phi) is 5.40. The van der Waals surface area contributed by atoms with Crippen LogP contribution in [0.3, 0.4) is 0 Å². The van der Waals surface area contributed by atoms with Gasteiger partial charge in [-0.3, -0.25) is 9.78 Å². The molecular weight excluding hydrogens is 269 g/mol. The molecular formula is C16H18FN3O. The number of halogens is 1. The van der Waals surface area contributed by atoms with E-state index in [1.54, 1.807) is 23.2 Å². The molecule has 1 aromatic carbocycles. The lowest BCUT2D eigenvalue weighted by atomic mass is 10.2. The normalized spacial score (nSPS) is 10.4. The average Bonchev–Trinajstić information content (AvgIpc) is 2.53. The van der Waals surface area contributed by atoms with Crippen LogP contribution in [0, 0.1) is 5.82 Å². The van der Waals surface area contributed by atoms with Crippen molar-refractivity contribution in [1.82, 2.24) is 9.88 Å². The van der Waals surface area contributed by atoms with Crippen molar-refractivity contribution in [3.8, 4) is 0 Å². The second-order valence-electron chi connectivity index (χ2n) is 4.72.